The Hall–Kier alpha value is -8.54. The van der Waals surface area contributed by atoms with Crippen LogP contribution in [-0.2, 0) is 60.7 Å². The van der Waals surface area contributed by atoms with Gasteiger partial charge >= 0.3 is 23.9 Å². The van der Waals surface area contributed by atoms with Gasteiger partial charge in [0.25, 0.3) is 0 Å². The van der Waals surface area contributed by atoms with Crippen LogP contribution < -0.4 is 42.5 Å². The number of likely N-dealkylation sites (tertiary alicyclic amines) is 2. The molecule has 4 heterocycles. The number of ether oxygens (including phenoxy) is 2. The predicted molar refractivity (Wildman–Crippen MR) is 587 cm³/mol. The molecule has 0 spiro atoms. The average molecular weight is 1890 g/mol. The van der Waals surface area contributed by atoms with E-state index in [4.69, 9.17) is 29.9 Å². The molecule has 0 aromatic heterocycles. The molecule has 12 N–H and O–H groups in total. The minimum Gasteiger partial charge on any atom is -0.480 e. The second-order valence-corrected chi connectivity index (χ2v) is 26.6. The van der Waals surface area contributed by atoms with Crippen molar-refractivity contribution in [3.8, 4) is 0 Å². The van der Waals surface area contributed by atoms with Crippen LogP contribution >= 0.6 is 0 Å². The van der Waals surface area contributed by atoms with Crippen LogP contribution in [0, 0.1) is 11.8 Å². The quantitative estimate of drug-likeness (QED) is 0.0245. The zero-order valence-corrected chi connectivity index (χ0v) is 66.2. The molecule has 4 aliphatic heterocycles. The third kappa shape index (κ3) is 71.1. The first-order valence-corrected chi connectivity index (χ1v) is 37.8. The summed E-state index contributed by atoms with van der Waals surface area (Å²) < 4.78 is 10.5. The van der Waals surface area contributed by atoms with E-state index in [0.29, 0.717) is 52.6 Å². The maximum absolute atomic E-state index is 12.4. The molecule has 1 unspecified atom stereocenters. The SMILES string of the molecule is C.C.C.C.C.C.C.C.C.C.C.C.C.C.C.C.C.C.C.C.C.C.C.C.CCC(C)[C@H](NC)C(=O)O.CN[C@@H](C)C(=O)O.CN[C@@H](Cc1ccccc1)C(=O)N1CCCCC1.CN[C@@H](Cc1ccccc1)C(=O)N1CCOCC1.CN[C@H](C(=O)N1CCCCC1)c1ccccc1.CN[C@H](C(=O)N1CCOCC1)c1ccccc1.CN[C@H](C(=O)O)C(C)C.CN[C@H](C(=O)O)c1ccccc1. The first-order valence-electron chi connectivity index (χ1n) is 37.8. The highest BCUT2D eigenvalue weighted by atomic mass is 16.5. The lowest BCUT2D eigenvalue weighted by Crippen LogP contribution is -2.50. The van der Waals surface area contributed by atoms with E-state index in [0.717, 1.165) is 87.8 Å². The first kappa shape index (κ1) is 183. The van der Waals surface area contributed by atoms with E-state index in [-0.39, 0.29) is 238 Å². The number of piperidine rings is 2. The molecule has 4 amide bonds. The topological polar surface area (TPSA) is 345 Å². The number of morpholine rings is 2. The van der Waals surface area contributed by atoms with E-state index in [1.165, 1.54) is 24.0 Å². The Labute approximate surface area is 819 Å². The average Bonchev–Trinajstić information content (AvgIpc) is 0.849. The summed E-state index contributed by atoms with van der Waals surface area (Å²) in [6.45, 7) is 18.2. The van der Waals surface area contributed by atoms with Gasteiger partial charge in [0, 0.05) is 52.4 Å². The van der Waals surface area contributed by atoms with Crippen LogP contribution in [0.1, 0.15) is 304 Å². The maximum atomic E-state index is 12.4. The van der Waals surface area contributed by atoms with Crippen LogP contribution in [-0.4, -0.2) is 253 Å². The number of benzene rings is 5. The number of carbonyl (C=O) groups is 8. The van der Waals surface area contributed by atoms with Gasteiger partial charge < -0.3 is 92.0 Å². The Kier molecular flexibility index (Phi) is 152. The number of amides is 4. The number of nitrogens with zero attached hydrogens (tertiary/aromatic N) is 4. The zero-order chi connectivity index (χ0) is 80.2. The molecular formula is C106H224N12O14. The zero-order valence-electron chi connectivity index (χ0n) is 66.2. The summed E-state index contributed by atoms with van der Waals surface area (Å²) in [5.74, 6) is -2.13. The number of carboxylic acid groups (broad SMARTS) is 4. The van der Waals surface area contributed by atoms with Crippen LogP contribution in [0.2, 0.25) is 0 Å². The molecule has 0 radical (unpaired) electrons. The van der Waals surface area contributed by atoms with Crippen molar-refractivity contribution in [3.05, 3.63) is 179 Å². The molecule has 132 heavy (non-hydrogen) atoms. The van der Waals surface area contributed by atoms with Crippen molar-refractivity contribution in [3.63, 3.8) is 0 Å². The van der Waals surface area contributed by atoms with Crippen LogP contribution in [0.4, 0.5) is 0 Å². The summed E-state index contributed by atoms with van der Waals surface area (Å²) >= 11 is 0. The van der Waals surface area contributed by atoms with Crippen molar-refractivity contribution in [1.82, 2.24) is 62.1 Å². The number of hydrogen-bond acceptors (Lipinski definition) is 18. The molecule has 4 saturated heterocycles. The number of nitrogens with one attached hydrogen (secondary N) is 8. The van der Waals surface area contributed by atoms with Crippen molar-refractivity contribution >= 4 is 47.5 Å². The summed E-state index contributed by atoms with van der Waals surface area (Å²) in [5, 5.41) is 57.2. The molecule has 4 fully saturated rings. The van der Waals surface area contributed by atoms with Gasteiger partial charge in [-0.3, -0.25) is 38.4 Å². The Morgan fingerprint density at radius 3 is 0.720 bits per heavy atom. The maximum Gasteiger partial charge on any atom is 0.325 e. The molecule has 4 aliphatic rings. The number of carboxylic acids is 4. The summed E-state index contributed by atoms with van der Waals surface area (Å²) in [6, 6.07) is 46.6. The number of aliphatic carboxylic acids is 4. The van der Waals surface area contributed by atoms with Crippen LogP contribution in [0.25, 0.3) is 0 Å². The number of carbonyl (C=O) groups excluding carboxylic acids is 4. The van der Waals surface area contributed by atoms with Crippen molar-refractivity contribution in [2.45, 2.75) is 319 Å². The Balaban J connectivity index is -0.0000000484. The third-order valence-corrected chi connectivity index (χ3v) is 18.7. The lowest BCUT2D eigenvalue weighted by Gasteiger charge is -2.30. The second-order valence-electron chi connectivity index (χ2n) is 26.6. The standard InChI is InChI=1S/C15H22N2O.C14H20N2O2.C14H20N2O.C13H18N2O2.C9H11NO2.C7H15NO2.C6H13NO2.C4H9NO2.24CH4/c1-16-14(12-13-8-4-2-5-9-13)15(18)17-10-6-3-7-11-17;1-15-13(11-12-5-3-2-4-6-12)14(17)16-7-9-18-10-8-16;1-15-13(12-8-4-2-5-9-12)14(17)16-10-6-3-7-11-16;1-14-12(11-5-3-2-4-6-11)13(16)15-7-9-17-10-8-15;1-10-8(9(11)12)7-5-3-2-4-6-7;1-4-5(2)6(8-3)7(9)10;1-4(2)5(7-3)6(8)9;1-3(5-2)4(6)7;;;;;;;;;;;;;;;;;;;;;;;;/h2,4-5,8-9,14,16H,3,6-7,10-12H2,1H3;2-6,13,15H,7-11H2,1H3;2,4-5,8-9,13,15H,3,6-7,10-11H2,1H3;2-6,12,14H,7-10H2,1H3;2-6,8,10H,1H3,(H,11,12);5-6,8H,4H2,1-3H3,(H,9,10);4-5,7H,1-3H3,(H,8,9);3,5H,1-2H3,(H,6,7);24*1H4/t14-;2*13-;12-;8-;5?,6-;5-;3-;;;;;;;;;;;;;;;;;;;;;;;;/m00000000......................../s1. The largest absolute Gasteiger partial charge is 0.480 e. The van der Waals surface area contributed by atoms with Gasteiger partial charge in [0.05, 0.1) is 38.5 Å². The summed E-state index contributed by atoms with van der Waals surface area (Å²) in [5.41, 5.74) is 5.21. The Morgan fingerprint density at radius 1 is 0.288 bits per heavy atom. The van der Waals surface area contributed by atoms with E-state index in [2.05, 4.69) is 66.8 Å². The fraction of sp³-hybridized carbons (Fsp3) is 0.642. The van der Waals surface area contributed by atoms with Crippen LogP contribution in [0.5, 0.6) is 0 Å². The van der Waals surface area contributed by atoms with E-state index < -0.39 is 48.0 Å². The fourth-order valence-electron chi connectivity index (χ4n) is 11.9. The van der Waals surface area contributed by atoms with Gasteiger partial charge in [0.2, 0.25) is 23.6 Å². The highest BCUT2D eigenvalue weighted by Gasteiger charge is 2.30. The molecule has 9 atom stereocenters. The second kappa shape index (κ2) is 109. The van der Waals surface area contributed by atoms with Crippen molar-refractivity contribution in [2.24, 2.45) is 11.8 Å². The van der Waals surface area contributed by atoms with Gasteiger partial charge in [-0.2, -0.15) is 0 Å². The van der Waals surface area contributed by atoms with Crippen LogP contribution in [0.15, 0.2) is 152 Å². The molecule has 0 bridgehead atoms. The number of rotatable bonds is 26. The Bertz CT molecular complexity index is 3100. The fourth-order valence-corrected chi connectivity index (χ4v) is 11.9. The molecule has 5 aromatic carbocycles. The monoisotopic (exact) mass is 1890 g/mol. The minimum absolute atomic E-state index is 0. The highest BCUT2D eigenvalue weighted by Crippen LogP contribution is 2.21. The molecule has 5 aromatic rings. The van der Waals surface area contributed by atoms with Crippen molar-refractivity contribution in [2.75, 3.05) is 135 Å². The van der Waals surface area contributed by atoms with E-state index in [1.54, 1.807) is 47.2 Å². The van der Waals surface area contributed by atoms with Crippen molar-refractivity contribution < 1.29 is 68.3 Å². The molecule has 0 aliphatic carbocycles. The summed E-state index contributed by atoms with van der Waals surface area (Å²) in [4.78, 5) is 98.5. The molecule has 9 rings (SSSR count). The smallest absolute Gasteiger partial charge is 0.325 e. The molecule has 26 nitrogen and oxygen atoms in total. The summed E-state index contributed by atoms with van der Waals surface area (Å²) in [6.07, 6.45) is 9.46. The lowest BCUT2D eigenvalue weighted by molar-refractivity contribution is -0.141. The molecule has 26 heteroatoms. The molecular weight excluding hydrogens is 1670 g/mol. The van der Waals surface area contributed by atoms with Crippen LogP contribution in [0.3, 0.4) is 0 Å². The van der Waals surface area contributed by atoms with Gasteiger partial charge in [-0.1, -0.05) is 364 Å². The highest BCUT2D eigenvalue weighted by molar-refractivity contribution is 5.85. The predicted octanol–water partition coefficient (Wildman–Crippen LogP) is 22.3. The summed E-state index contributed by atoms with van der Waals surface area (Å²) in [7, 11) is 13.9. The first-order chi connectivity index (χ1) is 51.9. The Morgan fingerprint density at radius 2 is 0.530 bits per heavy atom. The third-order valence-electron chi connectivity index (χ3n) is 18.7. The van der Waals surface area contributed by atoms with Gasteiger partial charge in [-0.05, 0) is 154 Å². The normalized spacial score (nSPS) is 13.4. The minimum atomic E-state index is -0.858. The van der Waals surface area contributed by atoms with E-state index >= 15 is 0 Å². The van der Waals surface area contributed by atoms with Gasteiger partial charge in [-0.25, -0.2) is 0 Å². The van der Waals surface area contributed by atoms with E-state index in [1.807, 2.05) is 191 Å². The van der Waals surface area contributed by atoms with Gasteiger partial charge in [0.15, 0.2) is 0 Å². The molecule has 0 saturated carbocycles. The van der Waals surface area contributed by atoms with E-state index in [9.17, 15) is 38.4 Å². The van der Waals surface area contributed by atoms with Gasteiger partial charge in [0.1, 0.15) is 36.3 Å². The number of likely N-dealkylation sites (N-methyl/N-ethyl adjacent to an activating group) is 8. The lowest BCUT2D eigenvalue weighted by atomic mass is 10.00. The molecule has 792 valence electrons. The van der Waals surface area contributed by atoms with Crippen molar-refractivity contribution in [1.29, 1.82) is 0 Å². The number of hydrogen-bond donors (Lipinski definition) is 12. The van der Waals surface area contributed by atoms with Gasteiger partial charge in [-0.15, -0.1) is 0 Å².